The average molecular weight is 306 g/mol. The van der Waals surface area contributed by atoms with Crippen molar-refractivity contribution in [2.45, 2.75) is 42.3 Å². The largest absolute Gasteiger partial charge is 0.350 e. The minimum absolute atomic E-state index is 0.0234. The summed E-state index contributed by atoms with van der Waals surface area (Å²) < 4.78 is 47.9. The monoisotopic (exact) mass is 305 g/mol. The smallest absolute Gasteiger partial charge is 0.206 e. The van der Waals surface area contributed by atoms with Crippen LogP contribution in [0, 0.1) is 0 Å². The Hall–Kier alpha value is 0.250. The van der Waals surface area contributed by atoms with E-state index < -0.39 is 15.8 Å². The maximum absolute atomic E-state index is 12.3. The molecule has 1 aliphatic carbocycles. The normalized spacial score (nSPS) is 28.7. The number of rotatable bonds is 3. The van der Waals surface area contributed by atoms with Crippen molar-refractivity contribution in [1.82, 2.24) is 4.31 Å². The van der Waals surface area contributed by atoms with Crippen LogP contribution in [0.1, 0.15) is 25.7 Å². The van der Waals surface area contributed by atoms with Crippen LogP contribution in [0.2, 0.25) is 0 Å². The molecule has 3 nitrogen and oxygen atoms in total. The number of halogens is 3. The molecule has 1 aliphatic rings. The fourth-order valence-electron chi connectivity index (χ4n) is 1.79. The quantitative estimate of drug-likeness (QED) is 0.750. The first-order valence-corrected chi connectivity index (χ1v) is 7.18. The molecular formula is C8H14BrF2NO2S. The highest BCUT2D eigenvalue weighted by Gasteiger charge is 2.37. The van der Waals surface area contributed by atoms with E-state index in [2.05, 4.69) is 15.9 Å². The molecule has 0 aromatic heterocycles. The first-order chi connectivity index (χ1) is 6.87. The number of alkyl halides is 3. The standard InChI is InChI=1S/C8H14BrF2NO2S/c1-12(15(13,14)8(10)11)7-5-3-2-4-6(7)9/h6-8H,2-5H2,1H3. The van der Waals surface area contributed by atoms with Crippen molar-refractivity contribution < 1.29 is 17.2 Å². The van der Waals surface area contributed by atoms with Crippen molar-refractivity contribution in [3.8, 4) is 0 Å². The van der Waals surface area contributed by atoms with E-state index in [1.54, 1.807) is 0 Å². The molecule has 0 heterocycles. The van der Waals surface area contributed by atoms with Gasteiger partial charge in [0.15, 0.2) is 0 Å². The molecule has 2 unspecified atom stereocenters. The van der Waals surface area contributed by atoms with E-state index >= 15 is 0 Å². The predicted molar refractivity (Wildman–Crippen MR) is 57.7 cm³/mol. The molecule has 0 bridgehead atoms. The number of hydrogen-bond donors (Lipinski definition) is 0. The SMILES string of the molecule is CN(C1CCCCC1Br)S(=O)(=O)C(F)F. The van der Waals surface area contributed by atoms with Crippen LogP contribution in [0.15, 0.2) is 0 Å². The fourth-order valence-corrected chi connectivity index (χ4v) is 3.77. The lowest BCUT2D eigenvalue weighted by Gasteiger charge is -2.33. The van der Waals surface area contributed by atoms with Crippen LogP contribution in [0.25, 0.3) is 0 Å². The first-order valence-electron chi connectivity index (χ1n) is 4.76. The second kappa shape index (κ2) is 5.05. The molecule has 7 heteroatoms. The third kappa shape index (κ3) is 2.88. The molecule has 1 fully saturated rings. The minimum Gasteiger partial charge on any atom is -0.206 e. The maximum atomic E-state index is 12.3. The number of hydrogen-bond acceptors (Lipinski definition) is 2. The Labute approximate surface area is 97.0 Å². The van der Waals surface area contributed by atoms with Gasteiger partial charge >= 0.3 is 5.76 Å². The van der Waals surface area contributed by atoms with Gasteiger partial charge in [0, 0.05) is 17.9 Å². The Bertz CT molecular complexity index is 310. The van der Waals surface area contributed by atoms with E-state index in [0.717, 1.165) is 23.6 Å². The van der Waals surface area contributed by atoms with Gasteiger partial charge in [0.1, 0.15) is 0 Å². The van der Waals surface area contributed by atoms with Crippen molar-refractivity contribution in [2.24, 2.45) is 0 Å². The second-order valence-corrected chi connectivity index (χ2v) is 6.83. The summed E-state index contributed by atoms with van der Waals surface area (Å²) in [6, 6.07) is -0.349. The molecule has 1 saturated carbocycles. The molecule has 0 N–H and O–H groups in total. The molecule has 0 radical (unpaired) electrons. The van der Waals surface area contributed by atoms with Crippen LogP contribution in [0.5, 0.6) is 0 Å². The van der Waals surface area contributed by atoms with Crippen LogP contribution < -0.4 is 0 Å². The van der Waals surface area contributed by atoms with E-state index in [4.69, 9.17) is 0 Å². The van der Waals surface area contributed by atoms with Gasteiger partial charge in [-0.05, 0) is 12.8 Å². The zero-order chi connectivity index (χ0) is 11.6. The average Bonchev–Trinajstić information content (AvgIpc) is 2.17. The van der Waals surface area contributed by atoms with E-state index in [9.17, 15) is 17.2 Å². The summed E-state index contributed by atoms with van der Waals surface area (Å²) in [6.07, 6.45) is 3.36. The van der Waals surface area contributed by atoms with Crippen molar-refractivity contribution in [1.29, 1.82) is 0 Å². The lowest BCUT2D eigenvalue weighted by atomic mass is 9.96. The van der Waals surface area contributed by atoms with Gasteiger partial charge in [-0.3, -0.25) is 0 Å². The van der Waals surface area contributed by atoms with Gasteiger partial charge < -0.3 is 0 Å². The fraction of sp³-hybridized carbons (Fsp3) is 1.00. The van der Waals surface area contributed by atoms with Crippen LogP contribution in [0.3, 0.4) is 0 Å². The Balaban J connectivity index is 2.79. The van der Waals surface area contributed by atoms with Crippen molar-refractivity contribution >= 4 is 26.0 Å². The Morgan fingerprint density at radius 2 is 1.87 bits per heavy atom. The zero-order valence-corrected chi connectivity index (χ0v) is 10.8. The molecule has 0 spiro atoms. The second-order valence-electron chi connectivity index (χ2n) is 3.69. The maximum Gasteiger partial charge on any atom is 0.350 e. The van der Waals surface area contributed by atoms with Gasteiger partial charge in [-0.15, -0.1) is 0 Å². The summed E-state index contributed by atoms with van der Waals surface area (Å²) in [7, 11) is -3.21. The van der Waals surface area contributed by atoms with Crippen LogP contribution in [-0.4, -0.2) is 36.4 Å². The number of nitrogens with zero attached hydrogens (tertiary/aromatic N) is 1. The summed E-state index contributed by atoms with van der Waals surface area (Å²) in [6.45, 7) is 0. The Morgan fingerprint density at radius 3 is 2.33 bits per heavy atom. The lowest BCUT2D eigenvalue weighted by Crippen LogP contribution is -2.46. The molecule has 0 aromatic carbocycles. The summed E-state index contributed by atoms with van der Waals surface area (Å²) >= 11 is 3.35. The molecule has 0 aromatic rings. The van der Waals surface area contributed by atoms with Gasteiger partial charge in [0.2, 0.25) is 0 Å². The third-order valence-corrected chi connectivity index (χ3v) is 5.33. The summed E-state index contributed by atoms with van der Waals surface area (Å²) in [4.78, 5) is -0.0234. The highest BCUT2D eigenvalue weighted by molar-refractivity contribution is 9.09. The lowest BCUT2D eigenvalue weighted by molar-refractivity contribution is 0.208. The summed E-state index contributed by atoms with van der Waals surface area (Å²) in [5, 5.41) is 0. The topological polar surface area (TPSA) is 37.4 Å². The molecular weight excluding hydrogens is 292 g/mol. The number of sulfonamides is 1. The molecule has 15 heavy (non-hydrogen) atoms. The molecule has 0 saturated heterocycles. The molecule has 90 valence electrons. The van der Waals surface area contributed by atoms with Crippen LogP contribution in [-0.2, 0) is 10.0 Å². The Kier molecular flexibility index (Phi) is 4.49. The molecule has 1 rings (SSSR count). The van der Waals surface area contributed by atoms with E-state index in [1.165, 1.54) is 7.05 Å². The molecule has 2 atom stereocenters. The molecule has 0 amide bonds. The summed E-state index contributed by atoms with van der Waals surface area (Å²) in [5.74, 6) is -3.33. The van der Waals surface area contributed by atoms with Gasteiger partial charge in [-0.2, -0.15) is 13.1 Å². The van der Waals surface area contributed by atoms with E-state index in [0.29, 0.717) is 6.42 Å². The van der Waals surface area contributed by atoms with Gasteiger partial charge in [-0.1, -0.05) is 28.8 Å². The minimum atomic E-state index is -4.44. The van der Waals surface area contributed by atoms with Gasteiger partial charge in [-0.25, -0.2) is 8.42 Å². The van der Waals surface area contributed by atoms with Crippen LogP contribution >= 0.6 is 15.9 Å². The van der Waals surface area contributed by atoms with Crippen molar-refractivity contribution in [2.75, 3.05) is 7.05 Å². The van der Waals surface area contributed by atoms with E-state index in [1.807, 2.05) is 0 Å². The highest BCUT2D eigenvalue weighted by atomic mass is 79.9. The third-order valence-electron chi connectivity index (χ3n) is 2.74. The van der Waals surface area contributed by atoms with Crippen LogP contribution in [0.4, 0.5) is 8.78 Å². The predicted octanol–water partition coefficient (Wildman–Crippen LogP) is 2.18. The van der Waals surface area contributed by atoms with E-state index in [-0.39, 0.29) is 10.9 Å². The first kappa shape index (κ1) is 13.3. The Morgan fingerprint density at radius 1 is 1.33 bits per heavy atom. The summed E-state index contributed by atoms with van der Waals surface area (Å²) in [5.41, 5.74) is 0. The van der Waals surface area contributed by atoms with Crippen molar-refractivity contribution in [3.63, 3.8) is 0 Å². The zero-order valence-electron chi connectivity index (χ0n) is 8.37. The molecule has 0 aliphatic heterocycles. The highest BCUT2D eigenvalue weighted by Crippen LogP contribution is 2.30. The van der Waals surface area contributed by atoms with Gasteiger partial charge in [0.05, 0.1) is 0 Å². The van der Waals surface area contributed by atoms with Gasteiger partial charge in [0.25, 0.3) is 10.0 Å². The van der Waals surface area contributed by atoms with Crippen molar-refractivity contribution in [3.05, 3.63) is 0 Å².